The number of methoxy groups -OCH3 is 3. The molecule has 0 unspecified atom stereocenters. The molecule has 21 nitrogen and oxygen atoms in total. The highest BCUT2D eigenvalue weighted by Crippen LogP contribution is 2.39. The molecule has 0 bridgehead atoms. The fraction of sp³-hybridized carbons (Fsp3) is 0.163. The zero-order valence-corrected chi connectivity index (χ0v) is 92.0. The van der Waals surface area contributed by atoms with Gasteiger partial charge in [0.1, 0.15) is 46.1 Å². The van der Waals surface area contributed by atoms with Crippen LogP contribution in [0.1, 0.15) is 98.7 Å². The van der Waals surface area contributed by atoms with Crippen molar-refractivity contribution in [3.8, 4) is 102 Å². The van der Waals surface area contributed by atoms with Gasteiger partial charge in [-0.1, -0.05) is 225 Å². The van der Waals surface area contributed by atoms with Crippen molar-refractivity contribution in [3.05, 3.63) is 450 Å². The van der Waals surface area contributed by atoms with Crippen molar-refractivity contribution in [2.45, 2.75) is 112 Å². The summed E-state index contributed by atoms with van der Waals surface area (Å²) in [5, 5.41) is 57.4. The van der Waals surface area contributed by atoms with E-state index in [4.69, 9.17) is 29.0 Å². The van der Waals surface area contributed by atoms with Crippen LogP contribution >= 0.6 is 86.3 Å². The van der Waals surface area contributed by atoms with E-state index in [1.165, 1.54) is 98.4 Å². The Kier molecular flexibility index (Phi) is 44.4. The summed E-state index contributed by atoms with van der Waals surface area (Å²) in [7, 11) is 3.64. The molecule has 0 saturated carbocycles. The van der Waals surface area contributed by atoms with Gasteiger partial charge in [0.15, 0.2) is 0 Å². The van der Waals surface area contributed by atoms with Crippen LogP contribution in [0.5, 0.6) is 34.5 Å². The predicted octanol–water partition coefficient (Wildman–Crippen LogP) is 32.5. The average molecular weight is 2370 g/mol. The first-order valence-electron chi connectivity index (χ1n) is 47.1. The third kappa shape index (κ3) is 30.4. The number of hydrogen-bond donors (Lipinski definition) is 4. The molecule has 0 amide bonds. The van der Waals surface area contributed by atoms with Crippen molar-refractivity contribution in [2.75, 3.05) is 26.7 Å². The molecule has 0 aliphatic heterocycles. The number of hydrogen-bond acceptors (Lipinski definition) is 14. The molecule has 0 saturated heterocycles. The lowest BCUT2D eigenvalue weighted by atomic mass is 9.74. The van der Waals surface area contributed by atoms with Crippen molar-refractivity contribution in [1.82, 2.24) is 68.4 Å². The number of aromatic amines is 1. The number of halogens is 5. The van der Waals surface area contributed by atoms with Crippen LogP contribution in [-0.4, -0.2) is 117 Å². The van der Waals surface area contributed by atoms with E-state index in [1.54, 1.807) is 61.4 Å². The zero-order valence-electron chi connectivity index (χ0n) is 83.5. The summed E-state index contributed by atoms with van der Waals surface area (Å²) in [6.45, 7) is 22.8. The Morgan fingerprint density at radius 2 is 0.707 bits per heavy atom. The molecule has 0 aliphatic rings. The van der Waals surface area contributed by atoms with Gasteiger partial charge in [0.25, 0.3) is 0 Å². The molecule has 0 fully saturated rings. The number of pyridine rings is 2. The smallest absolute Gasteiger partial charge is 0.488 e. The molecule has 0 aliphatic carbocycles. The number of aromatic hydroxyl groups is 1. The van der Waals surface area contributed by atoms with Crippen LogP contribution in [0.2, 0.25) is 0 Å². The lowest BCUT2D eigenvalue weighted by molar-refractivity contribution is 0.414. The number of aromatic nitrogens is 14. The Morgan fingerprint density at radius 1 is 0.347 bits per heavy atom. The summed E-state index contributed by atoms with van der Waals surface area (Å²) in [6, 6.07) is 101. The number of aryl methyl sites for hydroxylation is 10. The number of phenols is 1. The number of fused-ring (bicyclic) bond motifs is 6. The minimum absolute atomic E-state index is 0. The molecule has 22 rings (SSSR count). The molecule has 0 atom stereocenters. The Morgan fingerprint density at radius 3 is 1.07 bits per heavy atom. The van der Waals surface area contributed by atoms with E-state index < -0.39 is 7.12 Å². The van der Waals surface area contributed by atoms with Crippen LogP contribution < -0.4 is 24.4 Å². The summed E-state index contributed by atoms with van der Waals surface area (Å²) in [5.74, 6) is 6.18. The molecule has 150 heavy (non-hydrogen) atoms. The second kappa shape index (κ2) is 56.7. The summed E-state index contributed by atoms with van der Waals surface area (Å²) < 4.78 is 37.8. The zero-order chi connectivity index (χ0) is 103. The second-order valence-electron chi connectivity index (χ2n) is 34.3. The van der Waals surface area contributed by atoms with Crippen LogP contribution in [0.4, 0.5) is 0 Å². The number of nitrogens with zero attached hydrogens (tertiary/aromatic N) is 13. The maximum absolute atomic E-state index is 9.55. The molecule has 9 aromatic heterocycles. The van der Waals surface area contributed by atoms with Crippen molar-refractivity contribution in [3.63, 3.8) is 0 Å². The van der Waals surface area contributed by atoms with Crippen LogP contribution in [0, 0.1) is 72.8 Å². The Balaban J connectivity index is 0.000000183. The fourth-order valence-electron chi connectivity index (χ4n) is 16.8. The van der Waals surface area contributed by atoms with E-state index in [1.807, 2.05) is 212 Å². The number of benzene rings is 13. The van der Waals surface area contributed by atoms with E-state index in [2.05, 4.69) is 356 Å². The van der Waals surface area contributed by atoms with Crippen LogP contribution in [0.25, 0.3) is 111 Å². The number of para-hydroxylation sites is 2. The molecule has 27 heteroatoms. The predicted molar refractivity (Wildman–Crippen MR) is 645 cm³/mol. The molecule has 770 valence electrons. The highest BCUT2D eigenvalue weighted by molar-refractivity contribution is 14.1. The third-order valence-electron chi connectivity index (χ3n) is 23.7. The van der Waals surface area contributed by atoms with Gasteiger partial charge in [0.05, 0.1) is 106 Å². The summed E-state index contributed by atoms with van der Waals surface area (Å²) in [4.78, 5) is 9.25. The number of alkyl halides is 1. The van der Waals surface area contributed by atoms with Gasteiger partial charge in [-0.05, 0) is 324 Å². The highest BCUT2D eigenvalue weighted by Gasteiger charge is 2.20. The van der Waals surface area contributed by atoms with Crippen molar-refractivity contribution in [2.24, 2.45) is 0 Å². The van der Waals surface area contributed by atoms with E-state index in [-0.39, 0.29) is 35.5 Å². The van der Waals surface area contributed by atoms with Gasteiger partial charge in [0.2, 0.25) is 0 Å². The monoisotopic (exact) mass is 2370 g/mol. The molecule has 22 aromatic rings. The lowest BCUT2D eigenvalue weighted by Gasteiger charge is -2.10. The minimum atomic E-state index is -1.35. The van der Waals surface area contributed by atoms with Crippen molar-refractivity contribution >= 4 is 143 Å². The number of phenolic OH excluding ortho intramolecular Hbond substituents is 1. The van der Waals surface area contributed by atoms with Gasteiger partial charge in [-0.25, -0.2) is 28.7 Å². The molecule has 9 heterocycles. The van der Waals surface area contributed by atoms with Crippen LogP contribution in [0.3, 0.4) is 0 Å². The second-order valence-corrected chi connectivity index (χ2v) is 39.1. The fourth-order valence-corrected chi connectivity index (χ4v) is 18.2. The number of ether oxygens (including phenoxy) is 4. The minimum Gasteiger partial charge on any atom is -0.508 e. The standard InChI is InChI=1S/C35H28N4O.C18H13BrN2.C18H18N2O.C17H16N2O.C10H9BrN2O.C8H11BO2.C7H7IO.C3H3BrN2.C3H7Br.4CH4/c1-23-16-17-36-34(18-23)39-32-13-5-4-12-30(32)31-15-14-29(20-33(31)39)40-28-11-7-10-27(19-28)38-22-26(21-37-38)35-24(2)8-6-9-25(35)3;1-12-8-9-20-18(10-12)21-16-5-3-2-4-14(16)15-7-6-13(19)11-17(15)21;1-13-6-4-7-14(2)18(13)15-11-19-20(12-15)16-8-5-9-17(10-16)21-3;1-12-5-3-6-13(2)17(12)14-10-18-19(11-14)15-7-4-8-16(20)9-15;1-14-10-4-2-3-9(5-10)13-7-8(11)6-12-13;1-6-4-3-5-7(2)8(6)9(10)11;1-9-7-4-2-3-6(8)5-7;4-3-1-5-6-2-3;1-2-3-4;;;;/h4-22H,1-3H3;2-11H,1H3;4-12H,1-3H3;3-11,20H,1-2H3;2-7H,1H3;3-5,10-11H,1-2H3;2-5H,1H3;1-2H,(H,5,6);2-3H2,1H3;4*1H4. The molecule has 0 radical (unpaired) electrons. The summed E-state index contributed by atoms with van der Waals surface area (Å²) >= 11 is 15.6. The Hall–Kier alpha value is -14.6. The maximum atomic E-state index is 9.55. The first kappa shape index (κ1) is 117. The van der Waals surface area contributed by atoms with Crippen LogP contribution in [-0.2, 0) is 0 Å². The number of nitrogens with one attached hydrogen (secondary N) is 1. The largest absolute Gasteiger partial charge is 0.508 e. The molecular weight excluding hydrogens is 2240 g/mol. The highest BCUT2D eigenvalue weighted by atomic mass is 127. The van der Waals surface area contributed by atoms with Gasteiger partial charge < -0.3 is 34.1 Å². The third-order valence-corrected chi connectivity index (χ3v) is 26.5. The Labute approximate surface area is 928 Å². The lowest BCUT2D eigenvalue weighted by Crippen LogP contribution is -2.34. The Bertz CT molecular complexity index is 8050. The van der Waals surface area contributed by atoms with E-state index in [9.17, 15) is 5.11 Å². The van der Waals surface area contributed by atoms with E-state index in [0.29, 0.717) is 5.46 Å². The van der Waals surface area contributed by atoms with Crippen molar-refractivity contribution < 1.29 is 34.1 Å². The van der Waals surface area contributed by atoms with Gasteiger partial charge in [-0.2, -0.15) is 25.5 Å². The number of rotatable bonds is 16. The SMILES string of the molecule is Brc1cn[nH]c1.C.C.C.C.CCCBr.COc1cccc(-n2cc(-c3c(C)cccc3C)cn2)c1.COc1cccc(-n2cc(Br)cn2)c1.COc1cccc(I)c1.Cc1cccc(C)c1-c1cnn(-c2cccc(O)c2)c1.Cc1cccc(C)c1B(O)O.Cc1ccnc(-n2c3ccccc3c3ccc(Br)cc32)c1.Cc1ccnc(-n2c3ccccc3c3ccc(Oc4cccc(-n5cc(-c6c(C)cccc6C)cn5)c4)cc32)c1. The molecule has 0 spiro atoms. The van der Waals surface area contributed by atoms with Crippen LogP contribution in [0.15, 0.2) is 391 Å². The van der Waals surface area contributed by atoms with Gasteiger partial charge in [0, 0.05) is 125 Å². The molecular formula is C123H128BBr4IN14O7. The first-order chi connectivity index (χ1) is 70.7. The van der Waals surface area contributed by atoms with Crippen molar-refractivity contribution in [1.29, 1.82) is 0 Å². The quantitative estimate of drug-likeness (QED) is 0.0400. The topological polar surface area (TPSA) is 233 Å². The summed E-state index contributed by atoms with van der Waals surface area (Å²) in [6.07, 6.45) is 23.9. The van der Waals surface area contributed by atoms with Gasteiger partial charge in [-0.3, -0.25) is 14.2 Å². The first-order valence-corrected chi connectivity index (χ1v) is 51.7. The van der Waals surface area contributed by atoms with E-state index in [0.717, 1.165) is 126 Å². The number of H-pyrrole nitrogens is 1. The normalized spacial score (nSPS) is 10.3. The maximum Gasteiger partial charge on any atom is 0.488 e. The molecule has 13 aromatic carbocycles. The van der Waals surface area contributed by atoms with E-state index >= 15 is 0 Å². The summed E-state index contributed by atoms with van der Waals surface area (Å²) in [5.41, 5.74) is 27.6. The average Bonchev–Trinajstić information content (AvgIpc) is 1.59. The van der Waals surface area contributed by atoms with Gasteiger partial charge in [-0.15, -0.1) is 0 Å². The van der Waals surface area contributed by atoms with Gasteiger partial charge >= 0.3 is 7.12 Å². The molecule has 4 N–H and O–H groups in total.